The molecule has 0 saturated carbocycles. The molecule has 0 aromatic heterocycles. The highest BCUT2D eigenvalue weighted by atomic mass is 16.3. The monoisotopic (exact) mass is 1050 g/mol. The molecule has 23 nitrogen and oxygen atoms in total. The van der Waals surface area contributed by atoms with Crippen LogP contribution in [0.15, 0.2) is 72.8 Å². The van der Waals surface area contributed by atoms with Crippen LogP contribution in [-0.4, -0.2) is 213 Å². The number of nitrogens with one attached hydrogen (secondary N) is 8. The van der Waals surface area contributed by atoms with Gasteiger partial charge in [0.15, 0.2) is 0 Å². The molecule has 4 heterocycles. The summed E-state index contributed by atoms with van der Waals surface area (Å²) in [6.07, 6.45) is 0. The van der Waals surface area contributed by atoms with Gasteiger partial charge >= 0.3 is 0 Å². The number of hydrogen-bond donors (Lipinski definition) is 11. The number of carbonyl (C=O) groups excluding carboxylic acids is 8. The second kappa shape index (κ2) is 26.9. The van der Waals surface area contributed by atoms with E-state index in [2.05, 4.69) is 42.5 Å². The zero-order valence-electron chi connectivity index (χ0n) is 42.5. The number of aromatic hydroxyl groups is 3. The van der Waals surface area contributed by atoms with E-state index < -0.39 is 64.5 Å². The Morgan fingerprint density at radius 3 is 0.618 bits per heavy atom. The predicted molar refractivity (Wildman–Crippen MR) is 280 cm³/mol. The van der Waals surface area contributed by atoms with Gasteiger partial charge in [-0.2, -0.15) is 0 Å². The van der Waals surface area contributed by atoms with Crippen LogP contribution >= 0.6 is 0 Å². The van der Waals surface area contributed by atoms with Crippen molar-refractivity contribution in [2.24, 2.45) is 0 Å². The van der Waals surface area contributed by atoms with Gasteiger partial charge in [0.1, 0.15) is 17.2 Å². The highest BCUT2D eigenvalue weighted by molar-refractivity contribution is 6.06. The summed E-state index contributed by atoms with van der Waals surface area (Å²) in [4.78, 5) is 117. The lowest BCUT2D eigenvalue weighted by atomic mass is 10.0. The largest absolute Gasteiger partial charge is 0.506 e. The second-order valence-electron chi connectivity index (χ2n) is 18.5. The molecule has 0 aliphatic carbocycles. The van der Waals surface area contributed by atoms with E-state index in [1.165, 1.54) is 54.6 Å². The van der Waals surface area contributed by atoms with Gasteiger partial charge in [0.2, 0.25) is 0 Å². The zero-order valence-corrected chi connectivity index (χ0v) is 42.5. The van der Waals surface area contributed by atoms with Crippen molar-refractivity contribution in [1.82, 2.24) is 62.1 Å². The van der Waals surface area contributed by atoms with Crippen LogP contribution in [0.3, 0.4) is 0 Å². The highest BCUT2D eigenvalue weighted by Gasteiger charge is 2.24. The third-order valence-electron chi connectivity index (χ3n) is 13.6. The Bertz CT molecular complexity index is 2270. The number of nitrogens with zero attached hydrogens (tertiary/aromatic N) is 4. The molecule has 4 aromatic carbocycles. The Kier molecular flexibility index (Phi) is 19.7. The fourth-order valence-electron chi connectivity index (χ4n) is 9.15. The molecule has 0 fully saturated rings. The van der Waals surface area contributed by atoms with Gasteiger partial charge in [-0.25, -0.2) is 0 Å². The molecule has 0 saturated heterocycles. The SMILES string of the molecule is Cc1c2cccc1C(=O)NCCN1CCNC(=O)c3cccc(c3O)C(=O)NCCN(CCNC2=O)CCN2CCNC(=O)c3cccc(c3O)C(=O)NCCN(CCNC(=O)c3cccc(c3O)C(=O)NCC2)CC1. The van der Waals surface area contributed by atoms with E-state index in [1.54, 1.807) is 25.1 Å². The first-order chi connectivity index (χ1) is 36.7. The molecule has 76 heavy (non-hydrogen) atoms. The molecule has 4 aliphatic heterocycles. The van der Waals surface area contributed by atoms with Crippen molar-refractivity contribution in [3.05, 3.63) is 123 Å². The van der Waals surface area contributed by atoms with Crippen LogP contribution in [0.2, 0.25) is 0 Å². The van der Waals surface area contributed by atoms with E-state index in [4.69, 9.17) is 0 Å². The van der Waals surface area contributed by atoms with Crippen molar-refractivity contribution >= 4 is 47.3 Å². The zero-order chi connectivity index (χ0) is 54.1. The maximum atomic E-state index is 13.8. The molecule has 2 unspecified atom stereocenters. The Morgan fingerprint density at radius 1 is 0.276 bits per heavy atom. The number of hydrogen-bond acceptors (Lipinski definition) is 15. The molecule has 23 heteroatoms. The van der Waals surface area contributed by atoms with Crippen LogP contribution < -0.4 is 42.5 Å². The van der Waals surface area contributed by atoms with Gasteiger partial charge in [-0.1, -0.05) is 24.3 Å². The fourth-order valence-corrected chi connectivity index (χ4v) is 9.15. The van der Waals surface area contributed by atoms with E-state index in [0.717, 1.165) is 0 Å². The van der Waals surface area contributed by atoms with Crippen molar-refractivity contribution in [3.63, 3.8) is 0 Å². The number of benzene rings is 4. The van der Waals surface area contributed by atoms with Gasteiger partial charge in [0.05, 0.1) is 33.4 Å². The molecule has 404 valence electrons. The van der Waals surface area contributed by atoms with Crippen molar-refractivity contribution < 1.29 is 53.7 Å². The van der Waals surface area contributed by atoms with Crippen LogP contribution in [0, 0.1) is 6.92 Å². The lowest BCUT2D eigenvalue weighted by molar-refractivity contribution is 0.0910. The minimum absolute atomic E-state index is 0.0526. The number of rotatable bonds is 0. The molecule has 0 spiro atoms. The van der Waals surface area contributed by atoms with E-state index >= 15 is 0 Å². The Balaban J connectivity index is 1.28. The van der Waals surface area contributed by atoms with E-state index in [1.807, 2.05) is 19.6 Å². The first kappa shape index (κ1) is 55.6. The van der Waals surface area contributed by atoms with Crippen molar-refractivity contribution in [3.8, 4) is 17.2 Å². The van der Waals surface area contributed by atoms with Crippen LogP contribution in [0.4, 0.5) is 0 Å². The average molecular weight is 1050 g/mol. The van der Waals surface area contributed by atoms with Crippen LogP contribution in [0.1, 0.15) is 88.4 Å². The lowest BCUT2D eigenvalue weighted by Crippen LogP contribution is -2.46. The first-order valence-corrected chi connectivity index (χ1v) is 25.4. The minimum Gasteiger partial charge on any atom is -0.506 e. The van der Waals surface area contributed by atoms with Gasteiger partial charge < -0.3 is 57.9 Å². The summed E-state index contributed by atoms with van der Waals surface area (Å²) in [5.41, 5.74) is 0.384. The average Bonchev–Trinajstić information content (AvgIpc) is 3.40. The minimum atomic E-state index is -0.632. The number of amides is 8. The number of carbonyl (C=O) groups is 8. The maximum Gasteiger partial charge on any atom is 0.255 e. The first-order valence-electron chi connectivity index (χ1n) is 25.4. The molecule has 12 bridgehead atoms. The predicted octanol–water partition coefficient (Wildman–Crippen LogP) is -0.700. The van der Waals surface area contributed by atoms with E-state index in [9.17, 15) is 53.7 Å². The summed E-state index contributed by atoms with van der Waals surface area (Å²) in [7, 11) is 0. The molecule has 8 amide bonds. The van der Waals surface area contributed by atoms with Crippen LogP contribution in [-0.2, 0) is 0 Å². The summed E-state index contributed by atoms with van der Waals surface area (Å²) in [5.74, 6) is -6.09. The van der Waals surface area contributed by atoms with Gasteiger partial charge in [0.25, 0.3) is 47.3 Å². The van der Waals surface area contributed by atoms with Crippen molar-refractivity contribution in [2.45, 2.75) is 6.92 Å². The summed E-state index contributed by atoms with van der Waals surface area (Å²) in [5, 5.41) is 56.7. The Hall–Kier alpha value is -8.12. The third-order valence-corrected chi connectivity index (χ3v) is 13.6. The van der Waals surface area contributed by atoms with Crippen molar-refractivity contribution in [2.75, 3.05) is 131 Å². The van der Waals surface area contributed by atoms with Gasteiger partial charge in [-0.3, -0.25) is 58.0 Å². The Labute approximate surface area is 439 Å². The Morgan fingerprint density at radius 2 is 0.434 bits per heavy atom. The fraction of sp³-hybridized carbons (Fsp3) is 0.396. The molecule has 8 rings (SSSR count). The summed E-state index contributed by atoms with van der Waals surface area (Å²) in [6.45, 7) is 5.43. The standard InChI is InChI=1S/C53H66N12O11/c1-34-35-6-2-7-36(34)47(70)55-15-23-63-25-17-57-49(72)38-9-3-8-37(43(38)66)48(71)56-16-24-62(22-14-54-46(35)69)30-32-64-26-18-58-50(73)39-10-4-11-40(44(39)67)51(74)59-19-27-65(33-31-63)29-21-61-53(76)42-13-5-12-41(45(42)68)52(75)60-20-28-64/h2-13,66-68H,14-33H2,1H3,(H,54,69)(H,55,70)(H,56,71)(H,57,72)(H,58,73)(H,59,74)(H,60,75)(H,61,76). The highest BCUT2D eigenvalue weighted by Crippen LogP contribution is 2.25. The lowest BCUT2D eigenvalue weighted by Gasteiger charge is -2.28. The summed E-state index contributed by atoms with van der Waals surface area (Å²) in [6, 6.07) is 17.8. The van der Waals surface area contributed by atoms with E-state index in [0.29, 0.717) is 42.9 Å². The molecular weight excluding hydrogens is 981 g/mol. The topological polar surface area (TPSA) is 306 Å². The summed E-state index contributed by atoms with van der Waals surface area (Å²) >= 11 is 0. The third kappa shape index (κ3) is 14.6. The molecule has 4 aromatic rings. The number of para-hydroxylation sites is 3. The maximum absolute atomic E-state index is 13.8. The molecule has 2 atom stereocenters. The number of phenols is 3. The smallest absolute Gasteiger partial charge is 0.255 e. The quantitative estimate of drug-likeness (QED) is 0.104. The number of fused-ring (bicyclic) bond motifs is 16. The summed E-state index contributed by atoms with van der Waals surface area (Å²) < 4.78 is 0. The van der Waals surface area contributed by atoms with Gasteiger partial charge in [-0.05, 0) is 61.0 Å². The number of phenolic OH excluding ortho intramolecular Hbond substituents is 3. The normalized spacial score (nSPS) is 21.9. The molecule has 4 aliphatic rings. The molecule has 11 N–H and O–H groups in total. The van der Waals surface area contributed by atoms with Crippen LogP contribution in [0.5, 0.6) is 17.2 Å². The van der Waals surface area contributed by atoms with E-state index in [-0.39, 0.29) is 138 Å². The molecule has 0 radical (unpaired) electrons. The molecular formula is C53H66N12O11. The van der Waals surface area contributed by atoms with Gasteiger partial charge in [-0.15, -0.1) is 0 Å². The second-order valence-corrected chi connectivity index (χ2v) is 18.5. The van der Waals surface area contributed by atoms with Gasteiger partial charge in [0, 0.05) is 142 Å². The van der Waals surface area contributed by atoms with Crippen molar-refractivity contribution in [1.29, 1.82) is 0 Å². The van der Waals surface area contributed by atoms with Crippen LogP contribution in [0.25, 0.3) is 0 Å².